The average Bonchev–Trinajstić information content (AvgIpc) is 3.09. The Morgan fingerprint density at radius 1 is 1.16 bits per heavy atom. The highest BCUT2D eigenvalue weighted by Gasteiger charge is 2.06. The fraction of sp³-hybridized carbons (Fsp3) is 0.158. The number of carbonyl (C=O) groups is 1. The SMILES string of the molecule is NC(=O)CCn1cc(-c2cccc(OCc3ccccc3Cl)c2)cn1. The van der Waals surface area contributed by atoms with Gasteiger partial charge in [0.05, 0.1) is 6.20 Å². The van der Waals surface area contributed by atoms with Gasteiger partial charge in [0.15, 0.2) is 0 Å². The van der Waals surface area contributed by atoms with Crippen LogP contribution in [-0.4, -0.2) is 15.7 Å². The molecule has 0 aliphatic rings. The van der Waals surface area contributed by atoms with E-state index in [0.29, 0.717) is 18.2 Å². The zero-order valence-corrected chi connectivity index (χ0v) is 14.3. The largest absolute Gasteiger partial charge is 0.489 e. The Bertz CT molecular complexity index is 876. The molecule has 3 rings (SSSR count). The van der Waals surface area contributed by atoms with Crippen molar-refractivity contribution in [3.05, 3.63) is 71.5 Å². The molecule has 1 aromatic heterocycles. The van der Waals surface area contributed by atoms with Crippen LogP contribution in [0, 0.1) is 0 Å². The van der Waals surface area contributed by atoms with Crippen molar-refractivity contribution < 1.29 is 9.53 Å². The minimum Gasteiger partial charge on any atom is -0.489 e. The number of nitrogens with two attached hydrogens (primary N) is 1. The Morgan fingerprint density at radius 2 is 2.00 bits per heavy atom. The number of halogens is 1. The van der Waals surface area contributed by atoms with Crippen LogP contribution < -0.4 is 10.5 Å². The van der Waals surface area contributed by atoms with Crippen LogP contribution in [0.2, 0.25) is 5.02 Å². The summed E-state index contributed by atoms with van der Waals surface area (Å²) in [5, 5.41) is 4.94. The first kappa shape index (κ1) is 17.0. The third-order valence-electron chi connectivity index (χ3n) is 3.74. The van der Waals surface area contributed by atoms with E-state index in [1.54, 1.807) is 10.9 Å². The first-order valence-corrected chi connectivity index (χ1v) is 8.27. The Hall–Kier alpha value is -2.79. The lowest BCUT2D eigenvalue weighted by Crippen LogP contribution is -2.13. The van der Waals surface area contributed by atoms with E-state index in [4.69, 9.17) is 22.1 Å². The van der Waals surface area contributed by atoms with E-state index in [9.17, 15) is 4.79 Å². The summed E-state index contributed by atoms with van der Waals surface area (Å²) in [6.45, 7) is 0.874. The van der Waals surface area contributed by atoms with E-state index in [-0.39, 0.29) is 12.3 Å². The molecule has 0 saturated heterocycles. The predicted molar refractivity (Wildman–Crippen MR) is 97.3 cm³/mol. The molecule has 0 aliphatic carbocycles. The summed E-state index contributed by atoms with van der Waals surface area (Å²) in [5.74, 6) is 0.411. The predicted octanol–water partition coefficient (Wildman–Crippen LogP) is 3.66. The van der Waals surface area contributed by atoms with Crippen molar-refractivity contribution in [1.82, 2.24) is 9.78 Å². The maximum Gasteiger partial charge on any atom is 0.219 e. The molecule has 0 spiro atoms. The van der Waals surface area contributed by atoms with E-state index in [1.165, 1.54) is 0 Å². The van der Waals surface area contributed by atoms with E-state index in [0.717, 1.165) is 22.4 Å². The molecule has 3 aromatic rings. The van der Waals surface area contributed by atoms with Gasteiger partial charge in [0, 0.05) is 35.3 Å². The highest BCUT2D eigenvalue weighted by atomic mass is 35.5. The lowest BCUT2D eigenvalue weighted by Gasteiger charge is -2.08. The number of benzene rings is 2. The summed E-state index contributed by atoms with van der Waals surface area (Å²) in [6, 6.07) is 15.4. The maximum absolute atomic E-state index is 10.9. The van der Waals surface area contributed by atoms with Crippen LogP contribution in [0.5, 0.6) is 5.75 Å². The third kappa shape index (κ3) is 4.61. The minimum atomic E-state index is -0.341. The van der Waals surface area contributed by atoms with Crippen LogP contribution in [0.3, 0.4) is 0 Å². The maximum atomic E-state index is 10.9. The summed E-state index contributed by atoms with van der Waals surface area (Å²) in [5.41, 5.74) is 8.04. The van der Waals surface area contributed by atoms with Crippen LogP contribution >= 0.6 is 11.6 Å². The second kappa shape index (κ2) is 7.85. The van der Waals surface area contributed by atoms with Gasteiger partial charge in [0.1, 0.15) is 12.4 Å². The molecule has 0 saturated carbocycles. The van der Waals surface area contributed by atoms with Crippen LogP contribution in [0.1, 0.15) is 12.0 Å². The molecule has 0 aliphatic heterocycles. The van der Waals surface area contributed by atoms with Crippen molar-refractivity contribution >= 4 is 17.5 Å². The first-order valence-electron chi connectivity index (χ1n) is 7.89. The number of ether oxygens (including phenoxy) is 1. The smallest absolute Gasteiger partial charge is 0.219 e. The van der Waals surface area contributed by atoms with Gasteiger partial charge in [-0.05, 0) is 23.8 Å². The second-order valence-electron chi connectivity index (χ2n) is 5.62. The summed E-state index contributed by atoms with van der Waals surface area (Å²) < 4.78 is 7.55. The van der Waals surface area contributed by atoms with E-state index >= 15 is 0 Å². The van der Waals surface area contributed by atoms with Gasteiger partial charge in [-0.15, -0.1) is 0 Å². The van der Waals surface area contributed by atoms with Gasteiger partial charge in [-0.25, -0.2) is 0 Å². The average molecular weight is 356 g/mol. The second-order valence-corrected chi connectivity index (χ2v) is 6.02. The normalized spacial score (nSPS) is 10.6. The van der Waals surface area contributed by atoms with E-state index in [2.05, 4.69) is 5.10 Å². The lowest BCUT2D eigenvalue weighted by molar-refractivity contribution is -0.118. The number of rotatable bonds is 7. The fourth-order valence-electron chi connectivity index (χ4n) is 2.40. The number of hydrogen-bond acceptors (Lipinski definition) is 3. The van der Waals surface area contributed by atoms with Gasteiger partial charge in [-0.2, -0.15) is 5.10 Å². The van der Waals surface area contributed by atoms with E-state index in [1.807, 2.05) is 54.7 Å². The topological polar surface area (TPSA) is 70.1 Å². The molecule has 128 valence electrons. The summed E-state index contributed by atoms with van der Waals surface area (Å²) >= 11 is 6.15. The molecular formula is C19H18ClN3O2. The Kier molecular flexibility index (Phi) is 5.36. The number of aryl methyl sites for hydroxylation is 1. The van der Waals surface area contributed by atoms with Crippen LogP contribution in [0.25, 0.3) is 11.1 Å². The molecule has 1 heterocycles. The molecule has 5 nitrogen and oxygen atoms in total. The third-order valence-corrected chi connectivity index (χ3v) is 4.11. The Morgan fingerprint density at radius 3 is 2.80 bits per heavy atom. The van der Waals surface area contributed by atoms with Crippen molar-refractivity contribution in [3.63, 3.8) is 0 Å². The molecule has 6 heteroatoms. The number of carbonyl (C=O) groups excluding carboxylic acids is 1. The summed E-state index contributed by atoms with van der Waals surface area (Å²) in [4.78, 5) is 10.9. The standard InChI is InChI=1S/C19H18ClN3O2/c20-18-7-2-1-4-15(18)13-25-17-6-3-5-14(10-17)16-11-22-23(12-16)9-8-19(21)24/h1-7,10-12H,8-9,13H2,(H2,21,24). The molecule has 1 amide bonds. The van der Waals surface area contributed by atoms with Crippen molar-refractivity contribution in [1.29, 1.82) is 0 Å². The number of aromatic nitrogens is 2. The molecule has 2 N–H and O–H groups in total. The molecule has 2 aromatic carbocycles. The van der Waals surface area contributed by atoms with Crippen LogP contribution in [-0.2, 0) is 17.9 Å². The molecule has 25 heavy (non-hydrogen) atoms. The van der Waals surface area contributed by atoms with Gasteiger partial charge in [-0.1, -0.05) is 41.9 Å². The van der Waals surface area contributed by atoms with Gasteiger partial charge in [-0.3, -0.25) is 9.48 Å². The summed E-state index contributed by atoms with van der Waals surface area (Å²) in [7, 11) is 0. The molecule has 0 fully saturated rings. The first-order chi connectivity index (χ1) is 12.1. The number of hydrogen-bond donors (Lipinski definition) is 1. The monoisotopic (exact) mass is 355 g/mol. The number of nitrogens with zero attached hydrogens (tertiary/aromatic N) is 2. The molecule has 0 radical (unpaired) electrons. The molecule has 0 bridgehead atoms. The van der Waals surface area contributed by atoms with Crippen LogP contribution in [0.15, 0.2) is 60.9 Å². The summed E-state index contributed by atoms with van der Waals surface area (Å²) in [6.07, 6.45) is 3.91. The quantitative estimate of drug-likeness (QED) is 0.703. The number of amides is 1. The molecule has 0 unspecified atom stereocenters. The van der Waals surface area contributed by atoms with Gasteiger partial charge >= 0.3 is 0 Å². The molecule has 0 atom stereocenters. The minimum absolute atomic E-state index is 0.266. The lowest BCUT2D eigenvalue weighted by atomic mass is 10.1. The zero-order chi connectivity index (χ0) is 17.6. The highest BCUT2D eigenvalue weighted by Crippen LogP contribution is 2.25. The van der Waals surface area contributed by atoms with Crippen molar-refractivity contribution in [3.8, 4) is 16.9 Å². The Labute approximate surface area is 151 Å². The molecular weight excluding hydrogens is 338 g/mol. The zero-order valence-electron chi connectivity index (χ0n) is 13.6. The van der Waals surface area contributed by atoms with Gasteiger partial charge < -0.3 is 10.5 Å². The van der Waals surface area contributed by atoms with Crippen molar-refractivity contribution in [2.45, 2.75) is 19.6 Å². The van der Waals surface area contributed by atoms with Gasteiger partial charge in [0.25, 0.3) is 0 Å². The fourth-order valence-corrected chi connectivity index (χ4v) is 2.59. The van der Waals surface area contributed by atoms with E-state index < -0.39 is 0 Å². The highest BCUT2D eigenvalue weighted by molar-refractivity contribution is 6.31. The number of primary amides is 1. The van der Waals surface area contributed by atoms with Crippen molar-refractivity contribution in [2.75, 3.05) is 0 Å². The van der Waals surface area contributed by atoms with Crippen molar-refractivity contribution in [2.24, 2.45) is 5.73 Å². The van der Waals surface area contributed by atoms with Crippen LogP contribution in [0.4, 0.5) is 0 Å². The Balaban J connectivity index is 1.69. The van der Waals surface area contributed by atoms with Gasteiger partial charge in [0.2, 0.25) is 5.91 Å².